The van der Waals surface area contributed by atoms with Crippen molar-refractivity contribution in [2.45, 2.75) is 150 Å². The van der Waals surface area contributed by atoms with Crippen LogP contribution in [0.2, 0.25) is 0 Å². The molecule has 1 rings (SSSR count). The fraction of sp³-hybridized carbons (Fsp3) is 1.00. The number of hydrogen-bond donors (Lipinski definition) is 0. The fourth-order valence-electron chi connectivity index (χ4n) is 4.69. The highest BCUT2D eigenvalue weighted by molar-refractivity contribution is 4.93. The van der Waals surface area contributed by atoms with Gasteiger partial charge in [0.05, 0.1) is 0 Å². The Labute approximate surface area is 181 Å². The second-order valence-corrected chi connectivity index (χ2v) is 10.1. The lowest BCUT2D eigenvalue weighted by molar-refractivity contribution is -0.574. The van der Waals surface area contributed by atoms with E-state index >= 15 is 0 Å². The highest BCUT2D eigenvalue weighted by atomic mass is 17.3. The molecular formula is C25H50O4. The lowest BCUT2D eigenvalue weighted by atomic mass is 9.69. The van der Waals surface area contributed by atoms with Gasteiger partial charge < -0.3 is 0 Å². The van der Waals surface area contributed by atoms with Gasteiger partial charge in [-0.2, -0.15) is 9.78 Å². The zero-order valence-corrected chi connectivity index (χ0v) is 21.0. The van der Waals surface area contributed by atoms with E-state index in [1.165, 1.54) is 6.42 Å². The molecule has 1 fully saturated rings. The molecule has 1 aliphatic rings. The minimum atomic E-state index is -0.892. The molecule has 0 bridgehead atoms. The van der Waals surface area contributed by atoms with Crippen LogP contribution in [-0.2, 0) is 19.6 Å². The van der Waals surface area contributed by atoms with Crippen LogP contribution in [-0.4, -0.2) is 17.0 Å². The van der Waals surface area contributed by atoms with Crippen molar-refractivity contribution in [1.29, 1.82) is 0 Å². The monoisotopic (exact) mass is 414 g/mol. The van der Waals surface area contributed by atoms with Gasteiger partial charge in [-0.3, -0.25) is 0 Å². The third kappa shape index (κ3) is 6.41. The summed E-state index contributed by atoms with van der Waals surface area (Å²) in [4.78, 5) is 25.3. The lowest BCUT2D eigenvalue weighted by Crippen LogP contribution is -2.55. The molecule has 1 saturated carbocycles. The van der Waals surface area contributed by atoms with E-state index in [0.717, 1.165) is 64.2 Å². The van der Waals surface area contributed by atoms with E-state index in [1.807, 2.05) is 0 Å². The summed E-state index contributed by atoms with van der Waals surface area (Å²) in [6, 6.07) is 0. The summed E-state index contributed by atoms with van der Waals surface area (Å²) in [6.07, 6.45) is 10.8. The van der Waals surface area contributed by atoms with Crippen LogP contribution < -0.4 is 0 Å². The molecule has 1 atom stereocenters. The van der Waals surface area contributed by atoms with Crippen LogP contribution in [0.25, 0.3) is 0 Å². The maximum atomic E-state index is 6.37. The van der Waals surface area contributed by atoms with Crippen LogP contribution in [0.15, 0.2) is 0 Å². The van der Waals surface area contributed by atoms with E-state index in [-0.39, 0.29) is 16.6 Å². The Kier molecular flexibility index (Phi) is 10.6. The molecule has 1 aliphatic carbocycles. The molecule has 0 heterocycles. The summed E-state index contributed by atoms with van der Waals surface area (Å²) in [5, 5.41) is 0. The topological polar surface area (TPSA) is 36.9 Å². The van der Waals surface area contributed by atoms with E-state index < -0.39 is 5.79 Å². The van der Waals surface area contributed by atoms with Gasteiger partial charge in [-0.15, -0.1) is 0 Å². The van der Waals surface area contributed by atoms with E-state index in [1.54, 1.807) is 0 Å². The van der Waals surface area contributed by atoms with Gasteiger partial charge in [0.15, 0.2) is 0 Å². The minimum absolute atomic E-state index is 0.196. The zero-order valence-electron chi connectivity index (χ0n) is 21.0. The molecular weight excluding hydrogens is 364 g/mol. The number of hydrogen-bond acceptors (Lipinski definition) is 4. The molecule has 4 heteroatoms. The van der Waals surface area contributed by atoms with Gasteiger partial charge >= 0.3 is 0 Å². The summed E-state index contributed by atoms with van der Waals surface area (Å²) in [5.74, 6) is -0.389. The maximum Gasteiger partial charge on any atom is 0.239 e. The quantitative estimate of drug-likeness (QED) is 0.163. The Morgan fingerprint density at radius 3 is 1.52 bits per heavy atom. The van der Waals surface area contributed by atoms with Gasteiger partial charge in [-0.1, -0.05) is 75.2 Å². The van der Waals surface area contributed by atoms with Crippen LogP contribution in [0.5, 0.6) is 0 Å². The fourth-order valence-corrected chi connectivity index (χ4v) is 4.69. The molecule has 1 unspecified atom stereocenters. The molecule has 0 aromatic heterocycles. The van der Waals surface area contributed by atoms with E-state index in [0.29, 0.717) is 5.92 Å². The third-order valence-electron chi connectivity index (χ3n) is 7.61. The average molecular weight is 415 g/mol. The van der Waals surface area contributed by atoms with E-state index in [9.17, 15) is 0 Å². The van der Waals surface area contributed by atoms with Crippen molar-refractivity contribution in [1.82, 2.24) is 0 Å². The summed E-state index contributed by atoms with van der Waals surface area (Å²) >= 11 is 0. The Balaban J connectivity index is 3.16. The molecule has 4 nitrogen and oxygen atoms in total. The van der Waals surface area contributed by atoms with Gasteiger partial charge in [0.25, 0.3) is 0 Å². The predicted molar refractivity (Wildman–Crippen MR) is 120 cm³/mol. The lowest BCUT2D eigenvalue weighted by Gasteiger charge is -2.50. The normalized spacial score (nSPS) is 22.0. The largest absolute Gasteiger partial charge is 0.239 e. The first kappa shape index (κ1) is 26.9. The van der Waals surface area contributed by atoms with Gasteiger partial charge in [0.2, 0.25) is 5.79 Å². The van der Waals surface area contributed by atoms with Crippen LogP contribution >= 0.6 is 0 Å². The maximum absolute atomic E-state index is 6.37. The van der Waals surface area contributed by atoms with Crippen LogP contribution in [0.3, 0.4) is 0 Å². The zero-order chi connectivity index (χ0) is 22.2. The summed E-state index contributed by atoms with van der Waals surface area (Å²) < 4.78 is 0. The second-order valence-electron chi connectivity index (χ2n) is 10.1. The number of rotatable bonds is 14. The molecule has 174 valence electrons. The highest BCUT2D eigenvalue weighted by Crippen LogP contribution is 2.51. The highest BCUT2D eigenvalue weighted by Gasteiger charge is 2.55. The smallest absolute Gasteiger partial charge is 0.227 e. The molecule has 0 radical (unpaired) electrons. The van der Waals surface area contributed by atoms with Crippen molar-refractivity contribution < 1.29 is 19.6 Å². The Morgan fingerprint density at radius 2 is 1.17 bits per heavy atom. The SMILES string of the molecule is CCCC(CC)(CC)OOC1(OOC(CC)(CC)CCC)CC(C)CCC1(C)C. The van der Waals surface area contributed by atoms with E-state index in [4.69, 9.17) is 19.6 Å². The van der Waals surface area contributed by atoms with Gasteiger partial charge in [0.1, 0.15) is 11.2 Å². The first-order valence-electron chi connectivity index (χ1n) is 12.4. The second kappa shape index (κ2) is 11.5. The van der Waals surface area contributed by atoms with Crippen molar-refractivity contribution in [3.05, 3.63) is 0 Å². The first-order valence-corrected chi connectivity index (χ1v) is 12.4. The van der Waals surface area contributed by atoms with Crippen molar-refractivity contribution in [2.75, 3.05) is 0 Å². The molecule has 29 heavy (non-hydrogen) atoms. The van der Waals surface area contributed by atoms with Crippen LogP contribution in [0, 0.1) is 11.3 Å². The van der Waals surface area contributed by atoms with Crippen molar-refractivity contribution in [2.24, 2.45) is 11.3 Å². The third-order valence-corrected chi connectivity index (χ3v) is 7.61. The Morgan fingerprint density at radius 1 is 0.759 bits per heavy atom. The minimum Gasteiger partial charge on any atom is -0.227 e. The average Bonchev–Trinajstić information content (AvgIpc) is 2.71. The summed E-state index contributed by atoms with van der Waals surface area (Å²) in [6.45, 7) is 19.9. The standard InChI is InChI=1S/C25H50O4/c1-10-17-23(12-3,13-4)26-28-25(20-21(7)16-19-22(25,8)9)29-27-24(14-5,15-6)18-11-2/h21H,10-20H2,1-9H3. The summed E-state index contributed by atoms with van der Waals surface area (Å²) in [5.41, 5.74) is -0.728. The van der Waals surface area contributed by atoms with Crippen molar-refractivity contribution in [3.8, 4) is 0 Å². The first-order chi connectivity index (χ1) is 13.6. The van der Waals surface area contributed by atoms with Crippen molar-refractivity contribution >= 4 is 0 Å². The summed E-state index contributed by atoms with van der Waals surface area (Å²) in [7, 11) is 0. The van der Waals surface area contributed by atoms with Crippen LogP contribution in [0.4, 0.5) is 0 Å². The Bertz CT molecular complexity index is 426. The molecule has 0 amide bonds. The van der Waals surface area contributed by atoms with Gasteiger partial charge in [-0.05, 0) is 57.3 Å². The van der Waals surface area contributed by atoms with Gasteiger partial charge in [-0.25, -0.2) is 9.78 Å². The molecule has 0 N–H and O–H groups in total. The molecule has 0 aromatic carbocycles. The predicted octanol–water partition coefficient (Wildman–Crippen LogP) is 8.14. The molecule has 0 aromatic rings. The van der Waals surface area contributed by atoms with Crippen LogP contribution in [0.1, 0.15) is 133 Å². The van der Waals surface area contributed by atoms with E-state index in [2.05, 4.69) is 62.3 Å². The molecule has 0 aliphatic heterocycles. The molecule has 0 spiro atoms. The van der Waals surface area contributed by atoms with Crippen molar-refractivity contribution in [3.63, 3.8) is 0 Å². The van der Waals surface area contributed by atoms with Gasteiger partial charge in [0, 0.05) is 11.8 Å². The Hall–Kier alpha value is -0.160. The molecule has 0 saturated heterocycles.